The first-order valence-electron chi connectivity index (χ1n) is 16.9. The van der Waals surface area contributed by atoms with Gasteiger partial charge >= 0.3 is 0 Å². The van der Waals surface area contributed by atoms with Crippen LogP contribution in [0.25, 0.3) is 78.6 Å². The molecule has 3 aromatic heterocycles. The van der Waals surface area contributed by atoms with Crippen molar-refractivity contribution in [2.24, 2.45) is 0 Å². The number of rotatable bonds is 4. The normalized spacial score (nSPS) is 12.0. The maximum atomic E-state index is 2.48. The number of fused-ring (bicyclic) bond motifs is 11. The lowest BCUT2D eigenvalue weighted by atomic mass is 10.0. The minimum absolute atomic E-state index is 1.15. The largest absolute Gasteiger partial charge is 0.310 e. The van der Waals surface area contributed by atoms with Gasteiger partial charge in [0.05, 0.1) is 16.7 Å². The van der Waals surface area contributed by atoms with E-state index in [0.717, 1.165) is 22.7 Å². The average Bonchev–Trinajstić information content (AvgIpc) is 3.85. The molecule has 0 radical (unpaired) electrons. The number of hydrogen-bond acceptors (Lipinski definition) is 3. The Labute approximate surface area is 296 Å². The minimum Gasteiger partial charge on any atom is -0.310 e. The summed E-state index contributed by atoms with van der Waals surface area (Å²) in [7, 11) is 0. The van der Waals surface area contributed by atoms with Gasteiger partial charge < -0.3 is 9.47 Å². The molecule has 11 rings (SSSR count). The topological polar surface area (TPSA) is 8.17 Å². The second-order valence-corrected chi connectivity index (χ2v) is 15.1. The van der Waals surface area contributed by atoms with E-state index in [2.05, 4.69) is 179 Å². The highest BCUT2D eigenvalue weighted by Crippen LogP contribution is 2.47. The van der Waals surface area contributed by atoms with E-state index >= 15 is 0 Å². The summed E-state index contributed by atoms with van der Waals surface area (Å²) in [5.74, 6) is 0. The molecule has 50 heavy (non-hydrogen) atoms. The van der Waals surface area contributed by atoms with Crippen LogP contribution in [0, 0.1) is 0 Å². The Morgan fingerprint density at radius 2 is 1.08 bits per heavy atom. The van der Waals surface area contributed by atoms with E-state index in [1.807, 2.05) is 22.7 Å². The van der Waals surface area contributed by atoms with Crippen molar-refractivity contribution in [2.75, 3.05) is 4.90 Å². The van der Waals surface area contributed by atoms with Crippen LogP contribution in [0.1, 0.15) is 0 Å². The van der Waals surface area contributed by atoms with E-state index in [0.29, 0.717) is 0 Å². The number of anilines is 3. The standard InChI is InChI=1S/C46H28N2S2/c1-2-12-30(13-3-1)48-39-17-8-6-16-37(39)45-40(18-10-19-41(45)48)47(32-22-25-35-34-15-7-9-20-42(34)49-44(35)28-32)31-23-26-43-38(27-31)36-24-21-29-11-4-5-14-33(29)46(36)50-43/h1-28H. The Morgan fingerprint density at radius 3 is 2.00 bits per heavy atom. The minimum atomic E-state index is 1.15. The van der Waals surface area contributed by atoms with Crippen molar-refractivity contribution in [3.63, 3.8) is 0 Å². The summed E-state index contributed by atoms with van der Waals surface area (Å²) < 4.78 is 7.67. The second kappa shape index (κ2) is 10.8. The highest BCUT2D eigenvalue weighted by atomic mass is 32.1. The van der Waals surface area contributed by atoms with Crippen molar-refractivity contribution in [3.8, 4) is 5.69 Å². The van der Waals surface area contributed by atoms with Crippen LogP contribution in [0.5, 0.6) is 0 Å². The third-order valence-corrected chi connectivity index (χ3v) is 12.5. The smallest absolute Gasteiger partial charge is 0.0562 e. The molecule has 8 aromatic carbocycles. The van der Waals surface area contributed by atoms with Gasteiger partial charge in [0, 0.05) is 68.2 Å². The van der Waals surface area contributed by atoms with Crippen LogP contribution < -0.4 is 4.90 Å². The third-order valence-electron chi connectivity index (χ3n) is 10.2. The quantitative estimate of drug-likeness (QED) is 0.181. The van der Waals surface area contributed by atoms with E-state index in [-0.39, 0.29) is 0 Å². The van der Waals surface area contributed by atoms with Gasteiger partial charge in [-0.1, -0.05) is 103 Å². The second-order valence-electron chi connectivity index (χ2n) is 12.9. The number of benzene rings is 8. The molecule has 2 nitrogen and oxygen atoms in total. The molecule has 0 saturated carbocycles. The van der Waals surface area contributed by atoms with Crippen LogP contribution in [0.4, 0.5) is 17.1 Å². The molecule has 0 atom stereocenters. The Balaban J connectivity index is 1.22. The first kappa shape index (κ1) is 28.0. The van der Waals surface area contributed by atoms with Crippen LogP contribution in [0.3, 0.4) is 0 Å². The van der Waals surface area contributed by atoms with Crippen molar-refractivity contribution in [3.05, 3.63) is 170 Å². The van der Waals surface area contributed by atoms with Gasteiger partial charge in [-0.15, -0.1) is 22.7 Å². The lowest BCUT2D eigenvalue weighted by Gasteiger charge is -2.27. The van der Waals surface area contributed by atoms with Crippen molar-refractivity contribution < 1.29 is 0 Å². The van der Waals surface area contributed by atoms with Gasteiger partial charge in [-0.2, -0.15) is 0 Å². The molecule has 4 heteroatoms. The van der Waals surface area contributed by atoms with E-state index in [1.54, 1.807) is 0 Å². The number of aromatic nitrogens is 1. The van der Waals surface area contributed by atoms with Crippen LogP contribution in [-0.2, 0) is 0 Å². The highest BCUT2D eigenvalue weighted by Gasteiger charge is 2.22. The fraction of sp³-hybridized carbons (Fsp3) is 0. The van der Waals surface area contributed by atoms with Gasteiger partial charge in [0.15, 0.2) is 0 Å². The molecule has 234 valence electrons. The number of hydrogen-bond donors (Lipinski definition) is 0. The van der Waals surface area contributed by atoms with E-state index < -0.39 is 0 Å². The molecular weight excluding hydrogens is 645 g/mol. The molecule has 0 aliphatic rings. The van der Waals surface area contributed by atoms with Gasteiger partial charge in [0.1, 0.15) is 0 Å². The summed E-state index contributed by atoms with van der Waals surface area (Å²) in [5.41, 5.74) is 7.02. The summed E-state index contributed by atoms with van der Waals surface area (Å²) >= 11 is 3.76. The van der Waals surface area contributed by atoms with Crippen molar-refractivity contribution in [1.82, 2.24) is 4.57 Å². The van der Waals surface area contributed by atoms with E-state index in [4.69, 9.17) is 0 Å². The Morgan fingerprint density at radius 1 is 0.400 bits per heavy atom. The lowest BCUT2D eigenvalue weighted by molar-refractivity contribution is 1.18. The number of nitrogens with zero attached hydrogens (tertiary/aromatic N) is 2. The first-order valence-corrected chi connectivity index (χ1v) is 18.6. The zero-order valence-electron chi connectivity index (χ0n) is 26.9. The Kier molecular flexibility index (Phi) is 6.03. The maximum absolute atomic E-state index is 2.48. The lowest BCUT2D eigenvalue weighted by Crippen LogP contribution is -2.10. The summed E-state index contributed by atoms with van der Waals surface area (Å²) in [4.78, 5) is 2.48. The summed E-state index contributed by atoms with van der Waals surface area (Å²) in [6.07, 6.45) is 0. The highest BCUT2D eigenvalue weighted by molar-refractivity contribution is 7.26. The number of para-hydroxylation sites is 2. The van der Waals surface area contributed by atoms with Crippen molar-refractivity contribution in [1.29, 1.82) is 0 Å². The predicted molar refractivity (Wildman–Crippen MR) is 219 cm³/mol. The zero-order chi connectivity index (χ0) is 32.8. The monoisotopic (exact) mass is 672 g/mol. The zero-order valence-corrected chi connectivity index (χ0v) is 28.5. The molecule has 0 aliphatic carbocycles. The maximum Gasteiger partial charge on any atom is 0.0562 e. The summed E-state index contributed by atoms with van der Waals surface area (Å²) in [6, 6.07) is 62.4. The van der Waals surface area contributed by atoms with Crippen LogP contribution in [-0.4, -0.2) is 4.57 Å². The first-order chi connectivity index (χ1) is 24.8. The van der Waals surface area contributed by atoms with Gasteiger partial charge in [0.2, 0.25) is 0 Å². The molecule has 0 bridgehead atoms. The molecule has 0 N–H and O–H groups in total. The molecular formula is C46H28N2S2. The number of thiophene rings is 2. The van der Waals surface area contributed by atoms with Gasteiger partial charge in [0.25, 0.3) is 0 Å². The van der Waals surface area contributed by atoms with Crippen LogP contribution in [0.15, 0.2) is 170 Å². The predicted octanol–water partition coefficient (Wildman–Crippen LogP) is 14.1. The van der Waals surface area contributed by atoms with Gasteiger partial charge in [-0.05, 0) is 77.5 Å². The molecule has 3 heterocycles. The van der Waals surface area contributed by atoms with E-state index in [1.165, 1.54) is 72.9 Å². The summed E-state index contributed by atoms with van der Waals surface area (Å²) in [5, 5.41) is 10.3. The van der Waals surface area contributed by atoms with Crippen molar-refractivity contribution >= 4 is 113 Å². The van der Waals surface area contributed by atoms with Crippen LogP contribution >= 0.6 is 22.7 Å². The molecule has 0 fully saturated rings. The summed E-state index contributed by atoms with van der Waals surface area (Å²) in [6.45, 7) is 0. The Hall–Kier alpha value is -5.94. The fourth-order valence-electron chi connectivity index (χ4n) is 7.95. The Bertz CT molecular complexity index is 3110. The average molecular weight is 673 g/mol. The van der Waals surface area contributed by atoms with Gasteiger partial charge in [-0.3, -0.25) is 0 Å². The molecule has 0 aliphatic heterocycles. The van der Waals surface area contributed by atoms with Gasteiger partial charge in [-0.25, -0.2) is 0 Å². The van der Waals surface area contributed by atoms with Crippen molar-refractivity contribution in [2.45, 2.75) is 0 Å². The van der Waals surface area contributed by atoms with Crippen LogP contribution in [0.2, 0.25) is 0 Å². The molecule has 0 saturated heterocycles. The molecule has 0 unspecified atom stereocenters. The molecule has 0 amide bonds. The SMILES string of the molecule is c1ccc(-n2c3ccccc3c3c(N(c4ccc5c(c4)sc4ccccc45)c4ccc5sc6c7ccccc7ccc6c5c4)cccc32)cc1. The molecule has 0 spiro atoms. The van der Waals surface area contributed by atoms with E-state index in [9.17, 15) is 0 Å². The fourth-order valence-corrected chi connectivity index (χ4v) is 10.3. The third kappa shape index (κ3) is 4.07. The molecule has 11 aromatic rings.